The lowest BCUT2D eigenvalue weighted by molar-refractivity contribution is -0.384. The number of non-ortho nitro benzene ring substituents is 1. The molecule has 0 atom stereocenters. The van der Waals surface area contributed by atoms with E-state index >= 15 is 0 Å². The molecule has 7 nitrogen and oxygen atoms in total. The Morgan fingerprint density at radius 3 is 2.81 bits per heavy atom. The Morgan fingerprint density at radius 2 is 2.11 bits per heavy atom. The molecule has 0 spiro atoms. The van der Waals surface area contributed by atoms with Gasteiger partial charge in [0, 0.05) is 28.2 Å². The molecule has 0 fully saturated rings. The Labute approximate surface area is 174 Å². The summed E-state index contributed by atoms with van der Waals surface area (Å²) in [5.74, 6) is 0.233. The van der Waals surface area contributed by atoms with E-state index in [1.54, 1.807) is 19.3 Å². The molecule has 1 amide bonds. The van der Waals surface area contributed by atoms with Crippen LogP contribution in [0.3, 0.4) is 0 Å². The largest absolute Gasteiger partial charge is 0.495 e. The number of rotatable bonds is 5. The third-order valence-electron chi connectivity index (χ3n) is 3.47. The molecule has 0 radical (unpaired) electrons. The van der Waals surface area contributed by atoms with E-state index in [4.69, 9.17) is 4.74 Å². The minimum absolute atomic E-state index is 0.0174. The van der Waals surface area contributed by atoms with Crippen LogP contribution in [0.25, 0.3) is 16.3 Å². The number of methoxy groups -OCH3 is 1. The Hall–Kier alpha value is -2.30. The van der Waals surface area contributed by atoms with Crippen LogP contribution >= 0.6 is 43.2 Å². The highest BCUT2D eigenvalue weighted by molar-refractivity contribution is 9.11. The number of hydrogen-bond acceptors (Lipinski definition) is 6. The van der Waals surface area contributed by atoms with E-state index in [9.17, 15) is 14.9 Å². The number of halogens is 2. The van der Waals surface area contributed by atoms with E-state index in [1.807, 2.05) is 12.1 Å². The number of nitro benzene ring substituents is 1. The number of nitro groups is 1. The third kappa shape index (κ3) is 4.52. The topological polar surface area (TPSA) is 94.4 Å². The van der Waals surface area contributed by atoms with Gasteiger partial charge >= 0.3 is 0 Å². The second kappa shape index (κ2) is 8.15. The first-order valence-corrected chi connectivity index (χ1v) is 9.84. The number of amides is 1. The average Bonchev–Trinajstić information content (AvgIpc) is 3.00. The number of nitrogens with one attached hydrogen (secondary N) is 1. The monoisotopic (exact) mass is 511 g/mol. The van der Waals surface area contributed by atoms with Crippen LogP contribution in [0.1, 0.15) is 5.56 Å². The zero-order valence-electron chi connectivity index (χ0n) is 13.7. The van der Waals surface area contributed by atoms with E-state index in [1.165, 1.54) is 29.5 Å². The molecule has 0 bridgehead atoms. The highest BCUT2D eigenvalue weighted by Crippen LogP contribution is 2.33. The summed E-state index contributed by atoms with van der Waals surface area (Å²) in [6, 6.07) is 8.04. The normalized spacial score (nSPS) is 11.1. The molecule has 0 aliphatic carbocycles. The molecular formula is C17H11Br2N3O4S. The van der Waals surface area contributed by atoms with Gasteiger partial charge in [-0.3, -0.25) is 20.2 Å². The minimum atomic E-state index is -0.469. The Morgan fingerprint density at radius 1 is 1.33 bits per heavy atom. The Bertz CT molecular complexity index is 1080. The summed E-state index contributed by atoms with van der Waals surface area (Å²) in [5.41, 5.74) is 1.28. The maximum absolute atomic E-state index is 12.2. The number of carbonyl (C=O) groups excluding carboxylic acids is 1. The summed E-state index contributed by atoms with van der Waals surface area (Å²) in [4.78, 5) is 26.8. The van der Waals surface area contributed by atoms with Gasteiger partial charge < -0.3 is 4.74 Å². The van der Waals surface area contributed by atoms with Gasteiger partial charge in [0.15, 0.2) is 5.13 Å². The summed E-state index contributed by atoms with van der Waals surface area (Å²) in [6.45, 7) is 0. The van der Waals surface area contributed by atoms with Crippen LogP contribution in [0, 0.1) is 10.1 Å². The van der Waals surface area contributed by atoms with Crippen molar-refractivity contribution in [1.29, 1.82) is 0 Å². The summed E-state index contributed by atoms with van der Waals surface area (Å²) in [7, 11) is 1.55. The number of ether oxygens (including phenoxy) is 1. The number of carbonyl (C=O) groups is 1. The quantitative estimate of drug-likeness (QED) is 0.281. The number of aromatic nitrogens is 1. The van der Waals surface area contributed by atoms with Crippen LogP contribution in [0.2, 0.25) is 0 Å². The predicted molar refractivity (Wildman–Crippen MR) is 112 cm³/mol. The average molecular weight is 513 g/mol. The van der Waals surface area contributed by atoms with Gasteiger partial charge in [-0.2, -0.15) is 0 Å². The Balaban J connectivity index is 1.79. The van der Waals surface area contributed by atoms with Gasteiger partial charge in [0.25, 0.3) is 5.69 Å². The number of benzene rings is 2. The fourth-order valence-corrected chi connectivity index (χ4v) is 4.63. The standard InChI is InChI=1S/C17H11Br2N3O4S/c1-26-16-9(6-10(18)7-12(16)19)2-5-15(23)21-17-20-13-4-3-11(22(24)25)8-14(13)27-17/h2-8H,1H3,(H,20,21,23)/b5-2+. The first-order chi connectivity index (χ1) is 12.9. The zero-order valence-corrected chi connectivity index (χ0v) is 17.7. The van der Waals surface area contributed by atoms with Gasteiger partial charge in [0.05, 0.1) is 26.7 Å². The minimum Gasteiger partial charge on any atom is -0.495 e. The van der Waals surface area contributed by atoms with Gasteiger partial charge in [-0.25, -0.2) is 4.98 Å². The fraction of sp³-hybridized carbons (Fsp3) is 0.0588. The van der Waals surface area contributed by atoms with Crippen molar-refractivity contribution in [3.63, 3.8) is 0 Å². The van der Waals surface area contributed by atoms with E-state index in [0.29, 0.717) is 26.7 Å². The molecule has 1 heterocycles. The fourth-order valence-electron chi connectivity index (χ4n) is 2.31. The number of thiazole rings is 1. The molecule has 2 aromatic carbocycles. The van der Waals surface area contributed by atoms with Crippen LogP contribution in [0.4, 0.5) is 10.8 Å². The molecule has 10 heteroatoms. The SMILES string of the molecule is COc1c(Br)cc(Br)cc1/C=C/C(=O)Nc1nc2ccc([N+](=O)[O-])cc2s1. The van der Waals surface area contributed by atoms with Crippen molar-refractivity contribution in [3.8, 4) is 5.75 Å². The lowest BCUT2D eigenvalue weighted by atomic mass is 10.2. The van der Waals surface area contributed by atoms with E-state index < -0.39 is 4.92 Å². The lowest BCUT2D eigenvalue weighted by Gasteiger charge is -2.08. The van der Waals surface area contributed by atoms with Crippen molar-refractivity contribution in [2.75, 3.05) is 12.4 Å². The van der Waals surface area contributed by atoms with Crippen molar-refractivity contribution in [3.05, 3.63) is 61.0 Å². The van der Waals surface area contributed by atoms with Crippen LogP contribution in [0.5, 0.6) is 5.75 Å². The molecule has 138 valence electrons. The van der Waals surface area contributed by atoms with Gasteiger partial charge in [0.2, 0.25) is 5.91 Å². The summed E-state index contributed by atoms with van der Waals surface area (Å²) < 4.78 is 7.55. The number of hydrogen-bond donors (Lipinski definition) is 1. The summed E-state index contributed by atoms with van der Waals surface area (Å²) >= 11 is 7.98. The lowest BCUT2D eigenvalue weighted by Crippen LogP contribution is -2.07. The third-order valence-corrected chi connectivity index (χ3v) is 5.45. The van der Waals surface area contributed by atoms with Crippen LogP contribution in [-0.4, -0.2) is 22.9 Å². The smallest absolute Gasteiger partial charge is 0.270 e. The van der Waals surface area contributed by atoms with Crippen molar-refractivity contribution >= 4 is 76.2 Å². The maximum atomic E-state index is 12.2. The van der Waals surface area contributed by atoms with Crippen molar-refractivity contribution in [2.24, 2.45) is 0 Å². The molecule has 1 N–H and O–H groups in total. The summed E-state index contributed by atoms with van der Waals surface area (Å²) in [6.07, 6.45) is 2.99. The van der Waals surface area contributed by atoms with Gasteiger partial charge in [-0.1, -0.05) is 27.3 Å². The van der Waals surface area contributed by atoms with E-state index in [0.717, 1.165) is 8.95 Å². The second-order valence-corrected chi connectivity index (χ2v) is 8.06. The number of nitrogens with zero attached hydrogens (tertiary/aromatic N) is 2. The van der Waals surface area contributed by atoms with Crippen molar-refractivity contribution < 1.29 is 14.5 Å². The van der Waals surface area contributed by atoms with Crippen molar-refractivity contribution in [1.82, 2.24) is 4.98 Å². The highest BCUT2D eigenvalue weighted by Gasteiger charge is 2.12. The molecule has 0 aliphatic rings. The van der Waals surface area contributed by atoms with Gasteiger partial charge in [-0.05, 0) is 40.2 Å². The molecule has 0 saturated heterocycles. The highest BCUT2D eigenvalue weighted by atomic mass is 79.9. The first kappa shape index (κ1) is 19.5. The molecule has 27 heavy (non-hydrogen) atoms. The Kier molecular flexibility index (Phi) is 5.88. The molecule has 0 aliphatic heterocycles. The molecule has 0 saturated carbocycles. The first-order valence-electron chi connectivity index (χ1n) is 7.44. The molecule has 3 rings (SSSR count). The molecule has 0 unspecified atom stereocenters. The summed E-state index contributed by atoms with van der Waals surface area (Å²) in [5, 5.41) is 13.9. The van der Waals surface area contributed by atoms with Gasteiger partial charge in [-0.15, -0.1) is 0 Å². The van der Waals surface area contributed by atoms with Crippen LogP contribution < -0.4 is 10.1 Å². The number of fused-ring (bicyclic) bond motifs is 1. The predicted octanol–water partition coefficient (Wildman–Crippen LogP) is 5.39. The van der Waals surface area contributed by atoms with Crippen molar-refractivity contribution in [2.45, 2.75) is 0 Å². The van der Waals surface area contributed by atoms with E-state index in [2.05, 4.69) is 42.2 Å². The van der Waals surface area contributed by atoms with Crippen LogP contribution in [-0.2, 0) is 4.79 Å². The van der Waals surface area contributed by atoms with E-state index in [-0.39, 0.29) is 11.6 Å². The van der Waals surface area contributed by atoms with Crippen LogP contribution in [0.15, 0.2) is 45.4 Å². The molecule has 3 aromatic rings. The number of anilines is 1. The zero-order chi connectivity index (χ0) is 19.6. The second-order valence-electron chi connectivity index (χ2n) is 5.26. The maximum Gasteiger partial charge on any atom is 0.270 e. The molecule has 1 aromatic heterocycles. The molecular weight excluding hydrogens is 502 g/mol. The van der Waals surface area contributed by atoms with Gasteiger partial charge in [0.1, 0.15) is 5.75 Å².